The summed E-state index contributed by atoms with van der Waals surface area (Å²) in [5.41, 5.74) is 0. The molecule has 4 heteroatoms. The van der Waals surface area contributed by atoms with Gasteiger partial charge < -0.3 is 4.74 Å². The van der Waals surface area contributed by atoms with Crippen LogP contribution in [0.4, 0.5) is 0 Å². The monoisotopic (exact) mass is 140 g/mol. The van der Waals surface area contributed by atoms with Crippen molar-refractivity contribution in [2.75, 3.05) is 0 Å². The fraction of sp³-hybridized carbons (Fsp3) is 0.600. The van der Waals surface area contributed by atoms with E-state index >= 15 is 0 Å². The molecule has 0 aliphatic heterocycles. The zero-order valence-electron chi connectivity index (χ0n) is 4.88. The summed E-state index contributed by atoms with van der Waals surface area (Å²) in [5.74, 6) is -0.426. The van der Waals surface area contributed by atoms with Crippen LogP contribution in [0.15, 0.2) is 0 Å². The molecule has 1 atom stereocenters. The number of carbonyl (C=O) groups is 2. The van der Waals surface area contributed by atoms with Crippen LogP contribution in [0.1, 0.15) is 13.8 Å². The first-order valence-corrected chi connectivity index (χ1v) is 2.29. The van der Waals surface area contributed by atoms with Crippen LogP contribution in [-0.2, 0) is 14.3 Å². The van der Waals surface area contributed by atoms with E-state index in [-0.39, 0.29) is 29.6 Å². The Hall–Kier alpha value is 0.140. The normalized spacial score (nSPS) is 10.9. The summed E-state index contributed by atoms with van der Waals surface area (Å²) in [6, 6.07) is 0. The molecule has 0 saturated heterocycles. The van der Waals surface area contributed by atoms with Gasteiger partial charge in [0.25, 0.3) is 0 Å². The molecule has 1 unspecified atom stereocenters. The van der Waals surface area contributed by atoms with Gasteiger partial charge in [-0.15, -0.1) is 0 Å². The molecule has 0 radical (unpaired) electrons. The van der Waals surface area contributed by atoms with E-state index in [4.69, 9.17) is 0 Å². The molecule has 3 nitrogen and oxygen atoms in total. The summed E-state index contributed by atoms with van der Waals surface area (Å²) in [7, 11) is 0. The first kappa shape index (κ1) is 11.9. The summed E-state index contributed by atoms with van der Waals surface area (Å²) in [6.45, 7) is 2.77. The third-order valence-electron chi connectivity index (χ3n) is 0.543. The van der Waals surface area contributed by atoms with Gasteiger partial charge >= 0.3 is 35.5 Å². The number of esters is 1. The topological polar surface area (TPSA) is 43.4 Å². The van der Waals surface area contributed by atoms with E-state index in [2.05, 4.69) is 4.74 Å². The molecule has 0 rings (SSSR count). The van der Waals surface area contributed by atoms with E-state index < -0.39 is 12.1 Å². The summed E-state index contributed by atoms with van der Waals surface area (Å²) >= 11 is 0. The van der Waals surface area contributed by atoms with Gasteiger partial charge in [-0.3, -0.25) is 9.59 Å². The number of ether oxygens (including phenoxy) is 1. The Morgan fingerprint density at radius 2 is 2.11 bits per heavy atom. The molecular formula is C5H9NaO3. The number of hydrogen-bond donors (Lipinski definition) is 0. The molecule has 0 aromatic rings. The van der Waals surface area contributed by atoms with Crippen molar-refractivity contribution in [2.45, 2.75) is 20.0 Å². The molecule has 0 aromatic heterocycles. The molecule has 0 aromatic carbocycles. The van der Waals surface area contributed by atoms with Crippen LogP contribution in [0, 0.1) is 0 Å². The number of hydrogen-bond acceptors (Lipinski definition) is 3. The Balaban J connectivity index is 0. The number of rotatable bonds is 2. The van der Waals surface area contributed by atoms with Gasteiger partial charge in [0.15, 0.2) is 12.4 Å². The molecule has 0 bridgehead atoms. The molecule has 9 heavy (non-hydrogen) atoms. The molecule has 0 saturated carbocycles. The van der Waals surface area contributed by atoms with Crippen molar-refractivity contribution in [3.8, 4) is 0 Å². The van der Waals surface area contributed by atoms with Gasteiger partial charge in [-0.2, -0.15) is 0 Å². The van der Waals surface area contributed by atoms with Crippen molar-refractivity contribution in [2.24, 2.45) is 0 Å². The predicted molar refractivity (Wildman–Crippen MR) is 34.4 cm³/mol. The van der Waals surface area contributed by atoms with Crippen molar-refractivity contribution in [3.63, 3.8) is 0 Å². The molecule has 0 fully saturated rings. The second kappa shape index (κ2) is 6.26. The van der Waals surface area contributed by atoms with E-state index in [1.54, 1.807) is 0 Å². The van der Waals surface area contributed by atoms with E-state index in [1.165, 1.54) is 13.8 Å². The van der Waals surface area contributed by atoms with Gasteiger partial charge in [-0.25, -0.2) is 0 Å². The van der Waals surface area contributed by atoms with Gasteiger partial charge in [-0.05, 0) is 6.92 Å². The zero-order chi connectivity index (χ0) is 6.57. The third-order valence-corrected chi connectivity index (χ3v) is 0.543. The van der Waals surface area contributed by atoms with Crippen molar-refractivity contribution in [1.29, 1.82) is 0 Å². The molecular weight excluding hydrogens is 131 g/mol. The Kier molecular flexibility index (Phi) is 8.27. The molecule has 0 aliphatic carbocycles. The van der Waals surface area contributed by atoms with Crippen LogP contribution in [0.5, 0.6) is 0 Å². The summed E-state index contributed by atoms with van der Waals surface area (Å²) in [4.78, 5) is 19.8. The Morgan fingerprint density at radius 3 is 2.22 bits per heavy atom. The Labute approximate surface area is 76.0 Å². The maximum absolute atomic E-state index is 10.0. The first-order chi connectivity index (χ1) is 3.66. The fourth-order valence-corrected chi connectivity index (χ4v) is 0.290. The average molecular weight is 140 g/mol. The van der Waals surface area contributed by atoms with Gasteiger partial charge in [-0.1, -0.05) is 0 Å². The van der Waals surface area contributed by atoms with Crippen LogP contribution in [0.2, 0.25) is 0 Å². The minimum atomic E-state index is -0.604. The second-order valence-electron chi connectivity index (χ2n) is 1.45. The predicted octanol–water partition coefficient (Wildman–Crippen LogP) is -0.512. The van der Waals surface area contributed by atoms with E-state index in [0.717, 1.165) is 0 Å². The van der Waals surface area contributed by atoms with Gasteiger partial charge in [0.05, 0.1) is 0 Å². The van der Waals surface area contributed by atoms with Crippen LogP contribution < -0.4 is 0 Å². The summed E-state index contributed by atoms with van der Waals surface area (Å²) in [5, 5.41) is 0. The zero-order valence-corrected chi connectivity index (χ0v) is 4.88. The Bertz CT molecular complexity index is 102. The first-order valence-electron chi connectivity index (χ1n) is 2.29. The van der Waals surface area contributed by atoms with Crippen LogP contribution in [0.3, 0.4) is 0 Å². The Morgan fingerprint density at radius 1 is 1.67 bits per heavy atom. The van der Waals surface area contributed by atoms with E-state index in [1.807, 2.05) is 0 Å². The molecule has 0 spiro atoms. The molecule has 0 N–H and O–H groups in total. The fourth-order valence-electron chi connectivity index (χ4n) is 0.290. The van der Waals surface area contributed by atoms with Crippen molar-refractivity contribution in [3.05, 3.63) is 0 Å². The van der Waals surface area contributed by atoms with Gasteiger partial charge in [0.2, 0.25) is 0 Å². The third kappa shape index (κ3) is 8.14. The molecule has 0 amide bonds. The minimum absolute atomic E-state index is 0. The van der Waals surface area contributed by atoms with E-state index in [0.29, 0.717) is 6.29 Å². The van der Waals surface area contributed by atoms with Crippen molar-refractivity contribution < 1.29 is 14.3 Å². The van der Waals surface area contributed by atoms with Crippen LogP contribution in [-0.4, -0.2) is 47.9 Å². The maximum atomic E-state index is 10.0. The van der Waals surface area contributed by atoms with Gasteiger partial charge in [0.1, 0.15) is 0 Å². The summed E-state index contributed by atoms with van der Waals surface area (Å²) in [6.07, 6.45) is -0.0333. The van der Waals surface area contributed by atoms with Crippen LogP contribution >= 0.6 is 0 Å². The number of aldehydes is 1. The SMILES string of the molecule is CC(=O)OC(C)C=O.[NaH]. The average Bonchev–Trinajstić information content (AvgIpc) is 1.65. The second-order valence-corrected chi connectivity index (χ2v) is 1.45. The van der Waals surface area contributed by atoms with Gasteiger partial charge in [0, 0.05) is 6.92 Å². The quantitative estimate of drug-likeness (QED) is 0.295. The van der Waals surface area contributed by atoms with Crippen molar-refractivity contribution in [1.82, 2.24) is 0 Å². The standard InChI is InChI=1S/C5H8O3.Na.H/c1-4(3-6)8-5(2)7;;/h3-4H,1-2H3;;. The van der Waals surface area contributed by atoms with Crippen LogP contribution in [0.25, 0.3) is 0 Å². The molecule has 0 aliphatic rings. The summed E-state index contributed by atoms with van der Waals surface area (Å²) < 4.78 is 4.39. The molecule has 48 valence electrons. The molecule has 0 heterocycles. The number of carbonyl (C=O) groups excluding carboxylic acids is 2. The van der Waals surface area contributed by atoms with Crippen molar-refractivity contribution >= 4 is 41.8 Å². The van der Waals surface area contributed by atoms with E-state index in [9.17, 15) is 9.59 Å².